The van der Waals surface area contributed by atoms with Crippen LogP contribution in [-0.2, 0) is 4.74 Å². The van der Waals surface area contributed by atoms with E-state index in [1.165, 1.54) is 0 Å². The molecule has 1 heterocycles. The number of nitrogens with zero attached hydrogens (tertiary/aromatic N) is 1. The van der Waals surface area contributed by atoms with Crippen LogP contribution in [-0.4, -0.2) is 34.9 Å². The molecule has 1 amide bonds. The van der Waals surface area contributed by atoms with Crippen LogP contribution in [0, 0.1) is 0 Å². The first kappa shape index (κ1) is 13.6. The first-order chi connectivity index (χ1) is 9.14. The number of amides is 1. The number of carbonyl (C=O) groups excluding carboxylic acids is 1. The Bertz CT molecular complexity index is 460. The molecule has 1 N–H and O–H groups in total. The second-order valence-electron chi connectivity index (χ2n) is 4.89. The summed E-state index contributed by atoms with van der Waals surface area (Å²) in [4.78, 5) is 13.6. The van der Waals surface area contributed by atoms with Gasteiger partial charge in [0.1, 0.15) is 12.1 Å². The number of hydrogen-bond acceptors (Lipinski definition) is 3. The SMILES string of the molecule is C=CC[C@]1(CO)COC(=O)N1C(C)c1ccccc1. The second kappa shape index (κ2) is 5.45. The van der Waals surface area contributed by atoms with Crippen molar-refractivity contribution in [2.24, 2.45) is 0 Å². The van der Waals surface area contributed by atoms with Gasteiger partial charge in [-0.05, 0) is 18.9 Å². The zero-order chi connectivity index (χ0) is 13.9. The molecule has 19 heavy (non-hydrogen) atoms. The van der Waals surface area contributed by atoms with E-state index >= 15 is 0 Å². The Labute approximate surface area is 113 Å². The monoisotopic (exact) mass is 261 g/mol. The molecule has 0 saturated carbocycles. The van der Waals surface area contributed by atoms with Crippen molar-refractivity contribution in [2.75, 3.05) is 13.2 Å². The molecule has 102 valence electrons. The summed E-state index contributed by atoms with van der Waals surface area (Å²) in [7, 11) is 0. The van der Waals surface area contributed by atoms with Crippen molar-refractivity contribution < 1.29 is 14.6 Å². The summed E-state index contributed by atoms with van der Waals surface area (Å²) in [6.07, 6.45) is 1.84. The Morgan fingerprint density at radius 2 is 2.21 bits per heavy atom. The van der Waals surface area contributed by atoms with E-state index in [0.29, 0.717) is 6.42 Å². The molecule has 1 aliphatic heterocycles. The predicted molar refractivity (Wildman–Crippen MR) is 72.7 cm³/mol. The maximum absolute atomic E-state index is 12.0. The molecule has 0 radical (unpaired) electrons. The molecule has 2 rings (SSSR count). The third-order valence-electron chi connectivity index (χ3n) is 3.66. The van der Waals surface area contributed by atoms with Gasteiger partial charge in [0.15, 0.2) is 0 Å². The molecule has 1 unspecified atom stereocenters. The van der Waals surface area contributed by atoms with Crippen molar-refractivity contribution in [3.63, 3.8) is 0 Å². The standard InChI is InChI=1S/C15H19NO3/c1-3-9-15(10-17)11-19-14(18)16(15)12(2)13-7-5-4-6-8-13/h3-8,12,17H,1,9-11H2,2H3/t12?,15-/m0/s1. The highest BCUT2D eigenvalue weighted by molar-refractivity contribution is 5.72. The quantitative estimate of drug-likeness (QED) is 0.828. The lowest BCUT2D eigenvalue weighted by molar-refractivity contribution is 0.0648. The number of aliphatic hydroxyl groups excluding tert-OH is 1. The van der Waals surface area contributed by atoms with E-state index in [-0.39, 0.29) is 25.3 Å². The van der Waals surface area contributed by atoms with Gasteiger partial charge < -0.3 is 9.84 Å². The maximum atomic E-state index is 12.0. The fraction of sp³-hybridized carbons (Fsp3) is 0.400. The van der Waals surface area contributed by atoms with Crippen molar-refractivity contribution >= 4 is 6.09 Å². The van der Waals surface area contributed by atoms with Crippen LogP contribution in [0.15, 0.2) is 43.0 Å². The molecule has 0 spiro atoms. The minimum absolute atomic E-state index is 0.137. The molecule has 0 bridgehead atoms. The van der Waals surface area contributed by atoms with Gasteiger partial charge in [-0.25, -0.2) is 4.79 Å². The predicted octanol–water partition coefficient (Wildman–Crippen LogP) is 2.51. The van der Waals surface area contributed by atoms with Gasteiger partial charge in [0, 0.05) is 0 Å². The number of hydrogen-bond donors (Lipinski definition) is 1. The Morgan fingerprint density at radius 3 is 2.79 bits per heavy atom. The lowest BCUT2D eigenvalue weighted by Gasteiger charge is -2.37. The normalized spacial score (nSPS) is 24.1. The van der Waals surface area contributed by atoms with E-state index < -0.39 is 5.54 Å². The van der Waals surface area contributed by atoms with E-state index in [2.05, 4.69) is 6.58 Å². The van der Waals surface area contributed by atoms with Gasteiger partial charge in [-0.2, -0.15) is 0 Å². The van der Waals surface area contributed by atoms with Gasteiger partial charge in [0.05, 0.1) is 12.6 Å². The van der Waals surface area contributed by atoms with Gasteiger partial charge in [-0.3, -0.25) is 4.90 Å². The summed E-state index contributed by atoms with van der Waals surface area (Å²) in [6, 6.07) is 9.58. The Kier molecular flexibility index (Phi) is 3.90. The van der Waals surface area contributed by atoms with Crippen LogP contribution >= 0.6 is 0 Å². The Morgan fingerprint density at radius 1 is 1.53 bits per heavy atom. The molecular weight excluding hydrogens is 242 g/mol. The third-order valence-corrected chi connectivity index (χ3v) is 3.66. The van der Waals surface area contributed by atoms with Crippen molar-refractivity contribution in [3.05, 3.63) is 48.6 Å². The molecular formula is C15H19NO3. The van der Waals surface area contributed by atoms with Crippen LogP contribution in [0.5, 0.6) is 0 Å². The van der Waals surface area contributed by atoms with Gasteiger partial charge in [0.25, 0.3) is 0 Å². The molecule has 1 saturated heterocycles. The van der Waals surface area contributed by atoms with Crippen molar-refractivity contribution in [3.8, 4) is 0 Å². The summed E-state index contributed by atoms with van der Waals surface area (Å²) in [5.41, 5.74) is 0.317. The summed E-state index contributed by atoms with van der Waals surface area (Å²) >= 11 is 0. The van der Waals surface area contributed by atoms with Crippen LogP contribution in [0.3, 0.4) is 0 Å². The Hall–Kier alpha value is -1.81. The average molecular weight is 261 g/mol. The lowest BCUT2D eigenvalue weighted by atomic mass is 9.93. The van der Waals surface area contributed by atoms with Crippen LogP contribution < -0.4 is 0 Å². The average Bonchev–Trinajstić information content (AvgIpc) is 2.77. The highest BCUT2D eigenvalue weighted by atomic mass is 16.6. The van der Waals surface area contributed by atoms with E-state index in [4.69, 9.17) is 4.74 Å². The molecule has 2 atom stereocenters. The van der Waals surface area contributed by atoms with E-state index in [1.807, 2.05) is 37.3 Å². The largest absolute Gasteiger partial charge is 0.447 e. The van der Waals surface area contributed by atoms with E-state index in [1.54, 1.807) is 11.0 Å². The first-order valence-electron chi connectivity index (χ1n) is 6.37. The van der Waals surface area contributed by atoms with Crippen LogP contribution in [0.2, 0.25) is 0 Å². The molecule has 1 fully saturated rings. The second-order valence-corrected chi connectivity index (χ2v) is 4.89. The highest BCUT2D eigenvalue weighted by Gasteiger charge is 2.48. The van der Waals surface area contributed by atoms with Gasteiger partial charge in [0.2, 0.25) is 0 Å². The van der Waals surface area contributed by atoms with Crippen LogP contribution in [0.1, 0.15) is 24.9 Å². The molecule has 1 aromatic carbocycles. The summed E-state index contributed by atoms with van der Waals surface area (Å²) in [5.74, 6) is 0. The summed E-state index contributed by atoms with van der Waals surface area (Å²) < 4.78 is 5.15. The molecule has 1 aromatic rings. The first-order valence-corrected chi connectivity index (χ1v) is 6.37. The topological polar surface area (TPSA) is 49.8 Å². The molecule has 1 aliphatic rings. The van der Waals surface area contributed by atoms with E-state index in [9.17, 15) is 9.90 Å². The Balaban J connectivity index is 2.34. The van der Waals surface area contributed by atoms with Crippen LogP contribution in [0.25, 0.3) is 0 Å². The summed E-state index contributed by atoms with van der Waals surface area (Å²) in [5, 5.41) is 9.71. The number of benzene rings is 1. The number of cyclic esters (lactones) is 1. The van der Waals surface area contributed by atoms with Crippen LogP contribution in [0.4, 0.5) is 4.79 Å². The summed E-state index contributed by atoms with van der Waals surface area (Å²) in [6.45, 7) is 5.71. The molecule has 0 aromatic heterocycles. The fourth-order valence-corrected chi connectivity index (χ4v) is 2.59. The lowest BCUT2D eigenvalue weighted by Crippen LogP contribution is -2.50. The smallest absolute Gasteiger partial charge is 0.411 e. The third kappa shape index (κ3) is 2.36. The van der Waals surface area contributed by atoms with E-state index in [0.717, 1.165) is 5.56 Å². The van der Waals surface area contributed by atoms with Gasteiger partial charge >= 0.3 is 6.09 Å². The van der Waals surface area contributed by atoms with Crippen molar-refractivity contribution in [1.82, 2.24) is 4.90 Å². The maximum Gasteiger partial charge on any atom is 0.411 e. The zero-order valence-electron chi connectivity index (χ0n) is 11.1. The fourth-order valence-electron chi connectivity index (χ4n) is 2.59. The minimum atomic E-state index is -0.700. The molecule has 4 nitrogen and oxygen atoms in total. The number of aliphatic hydroxyl groups is 1. The molecule has 4 heteroatoms. The minimum Gasteiger partial charge on any atom is -0.447 e. The van der Waals surface area contributed by atoms with Gasteiger partial charge in [-0.1, -0.05) is 36.4 Å². The number of rotatable bonds is 5. The van der Waals surface area contributed by atoms with Crippen molar-refractivity contribution in [2.45, 2.75) is 24.9 Å². The zero-order valence-corrected chi connectivity index (χ0v) is 11.1. The van der Waals surface area contributed by atoms with Crippen molar-refractivity contribution in [1.29, 1.82) is 0 Å². The molecule has 0 aliphatic carbocycles. The number of ether oxygens (including phenoxy) is 1. The number of carbonyl (C=O) groups is 1. The highest BCUT2D eigenvalue weighted by Crippen LogP contribution is 2.36. The van der Waals surface area contributed by atoms with Gasteiger partial charge in [-0.15, -0.1) is 6.58 Å².